The van der Waals surface area contributed by atoms with E-state index in [1.54, 1.807) is 0 Å². The van der Waals surface area contributed by atoms with Crippen molar-refractivity contribution in [1.82, 2.24) is 4.90 Å². The van der Waals surface area contributed by atoms with Gasteiger partial charge in [-0.05, 0) is 106 Å². The number of esters is 2. The number of halogens is 3. The molecule has 1 aliphatic heterocycles. The predicted molar refractivity (Wildman–Crippen MR) is 134 cm³/mol. The molecule has 160 valence electrons. The average molecular weight is 739 g/mol. The van der Waals surface area contributed by atoms with Crippen molar-refractivity contribution in [3.63, 3.8) is 0 Å². The molecule has 1 aliphatic carbocycles. The number of benzene rings is 1. The molecule has 1 aromatic rings. The molecule has 6 nitrogen and oxygen atoms in total. The number of hydrogen-bond donors (Lipinski definition) is 0. The molecule has 1 saturated carbocycles. The Morgan fingerprint density at radius 1 is 1.14 bits per heavy atom. The molecule has 2 aliphatic rings. The van der Waals surface area contributed by atoms with Crippen molar-refractivity contribution in [2.45, 2.75) is 31.8 Å². The van der Waals surface area contributed by atoms with Crippen molar-refractivity contribution in [3.8, 4) is 0 Å². The van der Waals surface area contributed by atoms with Crippen LogP contribution >= 0.6 is 67.8 Å². The summed E-state index contributed by atoms with van der Waals surface area (Å²) in [6.45, 7) is 4.39. The van der Waals surface area contributed by atoms with Gasteiger partial charge in [0.25, 0.3) is 0 Å². The van der Waals surface area contributed by atoms with Gasteiger partial charge in [0, 0.05) is 30.3 Å². The number of ether oxygens (including phenoxy) is 3. The van der Waals surface area contributed by atoms with Crippen molar-refractivity contribution >= 4 is 79.7 Å². The highest BCUT2D eigenvalue weighted by molar-refractivity contribution is 14.1. The highest BCUT2D eigenvalue weighted by Crippen LogP contribution is 2.29. The van der Waals surface area contributed by atoms with Gasteiger partial charge in [-0.25, -0.2) is 4.79 Å². The lowest BCUT2D eigenvalue weighted by Gasteiger charge is -2.29. The molecule has 9 heteroatoms. The van der Waals surface area contributed by atoms with Crippen molar-refractivity contribution in [2.24, 2.45) is 5.92 Å². The monoisotopic (exact) mass is 739 g/mol. The van der Waals surface area contributed by atoms with Crippen LogP contribution in [-0.4, -0.2) is 62.4 Å². The van der Waals surface area contributed by atoms with E-state index < -0.39 is 0 Å². The van der Waals surface area contributed by atoms with Gasteiger partial charge in [-0.15, -0.1) is 0 Å². The fourth-order valence-corrected chi connectivity index (χ4v) is 5.98. The van der Waals surface area contributed by atoms with Crippen LogP contribution in [0.15, 0.2) is 12.1 Å². The van der Waals surface area contributed by atoms with E-state index in [1.807, 2.05) is 12.1 Å². The lowest BCUT2D eigenvalue weighted by atomic mass is 9.87. The minimum Gasteiger partial charge on any atom is -0.464 e. The van der Waals surface area contributed by atoms with Crippen molar-refractivity contribution in [1.29, 1.82) is 0 Å². The van der Waals surface area contributed by atoms with E-state index in [0.29, 0.717) is 18.6 Å². The fourth-order valence-electron chi connectivity index (χ4n) is 3.60. The smallest absolute Gasteiger partial charge is 0.339 e. The van der Waals surface area contributed by atoms with Crippen LogP contribution in [0.5, 0.6) is 0 Å². The van der Waals surface area contributed by atoms with E-state index in [2.05, 4.69) is 72.7 Å². The SMILES string of the molecule is O=C(OC1CCCC(C(=O)OCCN2CCOCC2)C1)c1cc(I)cc(I)c1I. The molecule has 0 radical (unpaired) electrons. The van der Waals surface area contributed by atoms with Crippen LogP contribution in [-0.2, 0) is 19.0 Å². The standard InChI is InChI=1S/C20H24I3NO5/c21-14-11-16(18(23)17(22)12-14)20(26)29-15-3-1-2-13(10-15)19(25)28-9-6-24-4-7-27-8-5-24/h11-13,15H,1-10H2. The molecule has 1 saturated heterocycles. The number of rotatable bonds is 6. The summed E-state index contributed by atoms with van der Waals surface area (Å²) in [7, 11) is 0. The lowest BCUT2D eigenvalue weighted by Crippen LogP contribution is -2.39. The average Bonchev–Trinajstić information content (AvgIpc) is 2.71. The normalized spacial score (nSPS) is 22.9. The molecule has 2 unspecified atom stereocenters. The predicted octanol–water partition coefficient (Wildman–Crippen LogP) is 4.09. The molecule has 2 atom stereocenters. The molecule has 1 aromatic carbocycles. The van der Waals surface area contributed by atoms with Gasteiger partial charge in [-0.3, -0.25) is 9.69 Å². The van der Waals surface area contributed by atoms with Gasteiger partial charge < -0.3 is 14.2 Å². The first-order chi connectivity index (χ1) is 13.9. The van der Waals surface area contributed by atoms with Crippen LogP contribution in [0.2, 0.25) is 0 Å². The Morgan fingerprint density at radius 3 is 2.66 bits per heavy atom. The highest BCUT2D eigenvalue weighted by Gasteiger charge is 2.31. The minimum absolute atomic E-state index is 0.169. The Bertz CT molecular complexity index is 739. The molecular formula is C20H24I3NO5. The molecule has 0 aromatic heterocycles. The second-order valence-electron chi connectivity index (χ2n) is 7.26. The Balaban J connectivity index is 1.48. The zero-order valence-corrected chi connectivity index (χ0v) is 22.5. The highest BCUT2D eigenvalue weighted by atomic mass is 127. The Hall–Kier alpha value is 0.270. The summed E-state index contributed by atoms with van der Waals surface area (Å²) >= 11 is 6.62. The number of carbonyl (C=O) groups excluding carboxylic acids is 2. The van der Waals surface area contributed by atoms with Gasteiger partial charge in [0.1, 0.15) is 12.7 Å². The zero-order valence-electron chi connectivity index (χ0n) is 16.0. The number of hydrogen-bond acceptors (Lipinski definition) is 6. The third kappa shape index (κ3) is 7.14. The van der Waals surface area contributed by atoms with E-state index in [0.717, 1.165) is 62.8 Å². The molecule has 0 spiro atoms. The van der Waals surface area contributed by atoms with E-state index in [4.69, 9.17) is 14.2 Å². The second-order valence-corrected chi connectivity index (χ2v) is 10.7. The number of nitrogens with zero attached hydrogens (tertiary/aromatic N) is 1. The van der Waals surface area contributed by atoms with Crippen LogP contribution in [0.25, 0.3) is 0 Å². The zero-order chi connectivity index (χ0) is 20.8. The third-order valence-electron chi connectivity index (χ3n) is 5.20. The van der Waals surface area contributed by atoms with Crippen molar-refractivity contribution in [2.75, 3.05) is 39.5 Å². The van der Waals surface area contributed by atoms with E-state index in [-0.39, 0.29) is 24.0 Å². The third-order valence-corrected chi connectivity index (χ3v) is 8.87. The van der Waals surface area contributed by atoms with Gasteiger partial charge in [-0.1, -0.05) is 0 Å². The molecule has 2 fully saturated rings. The first-order valence-electron chi connectivity index (χ1n) is 9.76. The van der Waals surface area contributed by atoms with Crippen LogP contribution in [0.3, 0.4) is 0 Å². The van der Waals surface area contributed by atoms with Gasteiger partial charge in [0.2, 0.25) is 0 Å². The van der Waals surface area contributed by atoms with Crippen molar-refractivity contribution < 1.29 is 23.8 Å². The van der Waals surface area contributed by atoms with E-state index in [1.165, 1.54) is 0 Å². The van der Waals surface area contributed by atoms with E-state index in [9.17, 15) is 9.59 Å². The van der Waals surface area contributed by atoms with Crippen molar-refractivity contribution in [3.05, 3.63) is 28.4 Å². The maximum absolute atomic E-state index is 12.7. The molecule has 0 N–H and O–H groups in total. The number of carbonyl (C=O) groups is 2. The molecule has 29 heavy (non-hydrogen) atoms. The molecule has 0 amide bonds. The van der Waals surface area contributed by atoms with Gasteiger partial charge in [0.15, 0.2) is 0 Å². The van der Waals surface area contributed by atoms with Crippen LogP contribution in [0, 0.1) is 16.6 Å². The summed E-state index contributed by atoms with van der Waals surface area (Å²) in [6.07, 6.45) is 2.76. The summed E-state index contributed by atoms with van der Waals surface area (Å²) in [6, 6.07) is 3.89. The quantitative estimate of drug-likeness (QED) is 0.249. The van der Waals surface area contributed by atoms with Gasteiger partial charge in [-0.2, -0.15) is 0 Å². The molecule has 0 bridgehead atoms. The Kier molecular flexibility index (Phi) is 9.71. The Morgan fingerprint density at radius 2 is 1.90 bits per heavy atom. The first kappa shape index (κ1) is 23.9. The lowest BCUT2D eigenvalue weighted by molar-refractivity contribution is -0.151. The summed E-state index contributed by atoms with van der Waals surface area (Å²) in [5, 5.41) is 0. The summed E-state index contributed by atoms with van der Waals surface area (Å²) < 4.78 is 19.5. The largest absolute Gasteiger partial charge is 0.464 e. The summed E-state index contributed by atoms with van der Waals surface area (Å²) in [4.78, 5) is 27.4. The maximum atomic E-state index is 12.7. The summed E-state index contributed by atoms with van der Waals surface area (Å²) in [5.74, 6) is -0.670. The summed E-state index contributed by atoms with van der Waals surface area (Å²) in [5.41, 5.74) is 0.595. The van der Waals surface area contributed by atoms with Crippen LogP contribution in [0.1, 0.15) is 36.0 Å². The van der Waals surface area contributed by atoms with E-state index >= 15 is 0 Å². The van der Waals surface area contributed by atoms with Crippen LogP contribution < -0.4 is 0 Å². The van der Waals surface area contributed by atoms with Crippen LogP contribution in [0.4, 0.5) is 0 Å². The molecular weight excluding hydrogens is 715 g/mol. The Labute approximate surface area is 212 Å². The number of morpholine rings is 1. The molecule has 3 rings (SSSR count). The second kappa shape index (κ2) is 11.8. The first-order valence-corrected chi connectivity index (χ1v) is 13.0. The fraction of sp³-hybridized carbons (Fsp3) is 0.600. The molecule has 1 heterocycles. The minimum atomic E-state index is -0.308. The maximum Gasteiger partial charge on any atom is 0.339 e. The van der Waals surface area contributed by atoms with Gasteiger partial charge in [0.05, 0.1) is 24.7 Å². The van der Waals surface area contributed by atoms with Gasteiger partial charge >= 0.3 is 11.9 Å². The topological polar surface area (TPSA) is 65.1 Å².